The van der Waals surface area contributed by atoms with Gasteiger partial charge in [0.2, 0.25) is 5.91 Å². The number of allylic oxidation sites excluding steroid dienone is 2. The van der Waals surface area contributed by atoms with Crippen molar-refractivity contribution in [2.45, 2.75) is 39.0 Å². The van der Waals surface area contributed by atoms with Crippen molar-refractivity contribution >= 4 is 5.91 Å². The lowest BCUT2D eigenvalue weighted by molar-refractivity contribution is -0.118. The number of amides is 1. The lowest BCUT2D eigenvalue weighted by Gasteiger charge is -1.92. The molecule has 0 saturated carbocycles. The molecule has 0 atom stereocenters. The summed E-state index contributed by atoms with van der Waals surface area (Å²) in [4.78, 5) is 10.3. The third-order valence-corrected chi connectivity index (χ3v) is 1.45. The molecule has 0 aromatic rings. The van der Waals surface area contributed by atoms with Crippen molar-refractivity contribution in [3.05, 3.63) is 12.2 Å². The summed E-state index contributed by atoms with van der Waals surface area (Å²) in [6.45, 7) is 2.11. The Morgan fingerprint density at radius 2 is 2.09 bits per heavy atom. The minimum absolute atomic E-state index is 0.190. The van der Waals surface area contributed by atoms with Crippen molar-refractivity contribution in [2.75, 3.05) is 0 Å². The smallest absolute Gasteiger partial charge is 0.217 e. The third kappa shape index (κ3) is 9.21. The van der Waals surface area contributed by atoms with Crippen LogP contribution in [0.5, 0.6) is 0 Å². The van der Waals surface area contributed by atoms with Gasteiger partial charge in [0.15, 0.2) is 0 Å². The minimum atomic E-state index is -0.190. The number of rotatable bonds is 6. The van der Waals surface area contributed by atoms with Crippen LogP contribution in [-0.4, -0.2) is 5.91 Å². The van der Waals surface area contributed by atoms with E-state index in [9.17, 15) is 4.79 Å². The summed E-state index contributed by atoms with van der Waals surface area (Å²) in [5.41, 5.74) is 4.98. The fourth-order valence-electron chi connectivity index (χ4n) is 0.846. The van der Waals surface area contributed by atoms with Crippen LogP contribution >= 0.6 is 0 Å². The minimum Gasteiger partial charge on any atom is -0.370 e. The maximum atomic E-state index is 10.3. The first-order chi connectivity index (χ1) is 5.27. The van der Waals surface area contributed by atoms with Gasteiger partial charge in [0.25, 0.3) is 0 Å². The van der Waals surface area contributed by atoms with Crippen LogP contribution in [0.2, 0.25) is 0 Å². The van der Waals surface area contributed by atoms with Gasteiger partial charge in [0, 0.05) is 6.42 Å². The van der Waals surface area contributed by atoms with Crippen LogP contribution in [0.1, 0.15) is 39.0 Å². The predicted octanol–water partition coefficient (Wildman–Crippen LogP) is 2.00. The summed E-state index contributed by atoms with van der Waals surface area (Å²) in [5, 5.41) is 0. The molecule has 0 rings (SSSR count). The van der Waals surface area contributed by atoms with Gasteiger partial charge >= 0.3 is 0 Å². The van der Waals surface area contributed by atoms with Crippen molar-refractivity contribution in [3.8, 4) is 0 Å². The van der Waals surface area contributed by atoms with Crippen LogP contribution in [0, 0.1) is 0 Å². The van der Waals surface area contributed by atoms with E-state index in [0.29, 0.717) is 6.42 Å². The molecule has 1 amide bonds. The molecule has 64 valence electrons. The lowest BCUT2D eigenvalue weighted by Crippen LogP contribution is -2.09. The quantitative estimate of drug-likeness (QED) is 0.462. The highest BCUT2D eigenvalue weighted by atomic mass is 16.1. The van der Waals surface area contributed by atoms with Crippen LogP contribution in [0.15, 0.2) is 12.2 Å². The van der Waals surface area contributed by atoms with E-state index in [-0.39, 0.29) is 5.91 Å². The number of nitrogens with two attached hydrogens (primary N) is 1. The van der Waals surface area contributed by atoms with E-state index in [4.69, 9.17) is 5.73 Å². The Kier molecular flexibility index (Phi) is 6.79. The molecule has 0 aromatic carbocycles. The third-order valence-electron chi connectivity index (χ3n) is 1.45. The van der Waals surface area contributed by atoms with Crippen LogP contribution in [0.3, 0.4) is 0 Å². The normalized spacial score (nSPS) is 10.6. The van der Waals surface area contributed by atoms with Crippen LogP contribution in [0.4, 0.5) is 0 Å². The molecule has 0 heterocycles. The molecule has 0 spiro atoms. The van der Waals surface area contributed by atoms with Crippen LogP contribution < -0.4 is 5.73 Å². The van der Waals surface area contributed by atoms with Gasteiger partial charge in [-0.15, -0.1) is 0 Å². The van der Waals surface area contributed by atoms with E-state index in [1.54, 1.807) is 0 Å². The van der Waals surface area contributed by atoms with E-state index < -0.39 is 0 Å². The molecule has 2 N–H and O–H groups in total. The molecule has 0 aliphatic carbocycles. The molecule has 11 heavy (non-hydrogen) atoms. The van der Waals surface area contributed by atoms with E-state index in [0.717, 1.165) is 25.7 Å². The molecule has 2 nitrogen and oxygen atoms in total. The van der Waals surface area contributed by atoms with Crippen molar-refractivity contribution in [1.29, 1.82) is 0 Å². The van der Waals surface area contributed by atoms with E-state index in [1.165, 1.54) is 0 Å². The first-order valence-electron chi connectivity index (χ1n) is 4.20. The molecule has 0 saturated heterocycles. The number of unbranched alkanes of at least 4 members (excludes halogenated alkanes) is 2. The highest BCUT2D eigenvalue weighted by Gasteiger charge is 1.91. The van der Waals surface area contributed by atoms with Gasteiger partial charge in [-0.1, -0.05) is 19.1 Å². The van der Waals surface area contributed by atoms with Gasteiger partial charge in [0.1, 0.15) is 0 Å². The molecule has 0 aromatic heterocycles. The fraction of sp³-hybridized carbons (Fsp3) is 0.667. The zero-order valence-electron chi connectivity index (χ0n) is 7.18. The Bertz CT molecular complexity index is 130. The van der Waals surface area contributed by atoms with Gasteiger partial charge in [0.05, 0.1) is 0 Å². The average Bonchev–Trinajstić information content (AvgIpc) is 1.96. The first-order valence-corrected chi connectivity index (χ1v) is 4.20. The Hall–Kier alpha value is -0.790. The SMILES string of the molecule is CCC=CCCCCC(N)=O. The second-order valence-corrected chi connectivity index (χ2v) is 2.59. The predicted molar refractivity (Wildman–Crippen MR) is 47.1 cm³/mol. The number of primary amides is 1. The lowest BCUT2D eigenvalue weighted by atomic mass is 10.2. The summed E-state index contributed by atoms with van der Waals surface area (Å²) < 4.78 is 0. The molecule has 0 bridgehead atoms. The maximum absolute atomic E-state index is 10.3. The molecule has 0 aliphatic rings. The molecular formula is C9H17NO. The van der Waals surface area contributed by atoms with Gasteiger partial charge < -0.3 is 5.73 Å². The second-order valence-electron chi connectivity index (χ2n) is 2.59. The van der Waals surface area contributed by atoms with Gasteiger partial charge in [-0.2, -0.15) is 0 Å². The summed E-state index contributed by atoms with van der Waals surface area (Å²) in [7, 11) is 0. The van der Waals surface area contributed by atoms with Gasteiger partial charge in [-0.05, 0) is 25.7 Å². The van der Waals surface area contributed by atoms with Gasteiger partial charge in [-0.25, -0.2) is 0 Å². The Morgan fingerprint density at radius 3 is 2.64 bits per heavy atom. The van der Waals surface area contributed by atoms with Crippen LogP contribution in [0.25, 0.3) is 0 Å². The monoisotopic (exact) mass is 155 g/mol. The maximum Gasteiger partial charge on any atom is 0.217 e. The molecule has 0 fully saturated rings. The summed E-state index contributed by atoms with van der Waals surface area (Å²) in [5.74, 6) is -0.190. The zero-order chi connectivity index (χ0) is 8.53. The van der Waals surface area contributed by atoms with Crippen LogP contribution in [-0.2, 0) is 4.79 Å². The number of hydrogen-bond acceptors (Lipinski definition) is 1. The average molecular weight is 155 g/mol. The zero-order valence-corrected chi connectivity index (χ0v) is 7.18. The Labute approximate surface area is 68.5 Å². The Morgan fingerprint density at radius 1 is 1.36 bits per heavy atom. The number of carbonyl (C=O) groups excluding carboxylic acids is 1. The highest BCUT2D eigenvalue weighted by molar-refractivity contribution is 5.73. The fourth-order valence-corrected chi connectivity index (χ4v) is 0.846. The molecule has 0 unspecified atom stereocenters. The van der Waals surface area contributed by atoms with Crippen molar-refractivity contribution in [2.24, 2.45) is 5.73 Å². The molecule has 0 radical (unpaired) electrons. The number of carbonyl (C=O) groups is 1. The molecule has 0 aliphatic heterocycles. The second kappa shape index (κ2) is 7.32. The van der Waals surface area contributed by atoms with Crippen molar-refractivity contribution in [3.63, 3.8) is 0 Å². The number of hydrogen-bond donors (Lipinski definition) is 1. The first kappa shape index (κ1) is 10.2. The van der Waals surface area contributed by atoms with E-state index in [1.807, 2.05) is 0 Å². The van der Waals surface area contributed by atoms with Crippen molar-refractivity contribution in [1.82, 2.24) is 0 Å². The van der Waals surface area contributed by atoms with E-state index >= 15 is 0 Å². The molecular weight excluding hydrogens is 138 g/mol. The van der Waals surface area contributed by atoms with Crippen molar-refractivity contribution < 1.29 is 4.79 Å². The standard InChI is InChI=1S/C9H17NO/c1-2-3-4-5-6-7-8-9(10)11/h3-4H,2,5-8H2,1H3,(H2,10,11). The highest BCUT2D eigenvalue weighted by Crippen LogP contribution is 2.00. The summed E-state index contributed by atoms with van der Waals surface area (Å²) in [6, 6.07) is 0. The Balaban J connectivity index is 3.02. The summed E-state index contributed by atoms with van der Waals surface area (Å²) in [6.07, 6.45) is 8.98. The van der Waals surface area contributed by atoms with Gasteiger partial charge in [-0.3, -0.25) is 4.79 Å². The topological polar surface area (TPSA) is 43.1 Å². The molecule has 2 heteroatoms. The largest absolute Gasteiger partial charge is 0.370 e. The summed E-state index contributed by atoms with van der Waals surface area (Å²) >= 11 is 0. The van der Waals surface area contributed by atoms with E-state index in [2.05, 4.69) is 19.1 Å².